The highest BCUT2D eigenvalue weighted by atomic mass is 16.5. The summed E-state index contributed by atoms with van der Waals surface area (Å²) in [6.07, 6.45) is 0. The third-order valence-corrected chi connectivity index (χ3v) is 4.85. The van der Waals surface area contributed by atoms with Gasteiger partial charge in [-0.2, -0.15) is 0 Å². The van der Waals surface area contributed by atoms with Gasteiger partial charge in [0.15, 0.2) is 0 Å². The standard InChI is InChI=1S/C25H23NO4/c1-3-29-20-13-14-22-21(15-20)23(25(27)26-16-17-7-5-4-6-8-17)24(30-22)18-9-11-19(28-2)12-10-18/h4-15H,3,16H2,1-2H3,(H,26,27). The maximum atomic E-state index is 13.2. The van der Waals surface area contributed by atoms with E-state index >= 15 is 0 Å². The van der Waals surface area contributed by atoms with Crippen LogP contribution in [0.5, 0.6) is 11.5 Å². The van der Waals surface area contributed by atoms with Crippen LogP contribution in [0.1, 0.15) is 22.8 Å². The van der Waals surface area contributed by atoms with E-state index in [1.165, 1.54) is 0 Å². The summed E-state index contributed by atoms with van der Waals surface area (Å²) in [5, 5.41) is 3.73. The molecular weight excluding hydrogens is 378 g/mol. The fourth-order valence-electron chi connectivity index (χ4n) is 3.37. The minimum atomic E-state index is -0.197. The molecule has 0 radical (unpaired) electrons. The highest BCUT2D eigenvalue weighted by molar-refractivity contribution is 6.11. The Hall–Kier alpha value is -3.73. The molecule has 0 aliphatic rings. The molecule has 0 bridgehead atoms. The summed E-state index contributed by atoms with van der Waals surface area (Å²) in [7, 11) is 1.62. The van der Waals surface area contributed by atoms with Crippen LogP contribution in [0.25, 0.3) is 22.3 Å². The minimum absolute atomic E-state index is 0.197. The largest absolute Gasteiger partial charge is 0.497 e. The fourth-order valence-corrected chi connectivity index (χ4v) is 3.37. The van der Waals surface area contributed by atoms with E-state index in [2.05, 4.69) is 5.32 Å². The summed E-state index contributed by atoms with van der Waals surface area (Å²) in [5.41, 5.74) is 2.95. The van der Waals surface area contributed by atoms with Crippen LogP contribution in [-0.4, -0.2) is 19.6 Å². The number of carbonyl (C=O) groups is 1. The molecule has 3 aromatic carbocycles. The van der Waals surface area contributed by atoms with Gasteiger partial charge in [0.2, 0.25) is 0 Å². The zero-order chi connectivity index (χ0) is 20.9. The van der Waals surface area contributed by atoms with Crippen LogP contribution in [0.4, 0.5) is 0 Å². The van der Waals surface area contributed by atoms with Gasteiger partial charge in [0.05, 0.1) is 19.3 Å². The lowest BCUT2D eigenvalue weighted by Gasteiger charge is -2.08. The number of methoxy groups -OCH3 is 1. The van der Waals surface area contributed by atoms with Crippen molar-refractivity contribution in [2.75, 3.05) is 13.7 Å². The first-order valence-electron chi connectivity index (χ1n) is 9.85. The smallest absolute Gasteiger partial charge is 0.256 e. The Morgan fingerprint density at radius 1 is 0.967 bits per heavy atom. The van der Waals surface area contributed by atoms with E-state index < -0.39 is 0 Å². The third kappa shape index (κ3) is 4.01. The van der Waals surface area contributed by atoms with Gasteiger partial charge in [0.25, 0.3) is 5.91 Å². The van der Waals surface area contributed by atoms with Crippen molar-refractivity contribution < 1.29 is 18.7 Å². The van der Waals surface area contributed by atoms with Gasteiger partial charge in [-0.15, -0.1) is 0 Å². The predicted octanol–water partition coefficient (Wildman–Crippen LogP) is 5.44. The molecule has 5 nitrogen and oxygen atoms in total. The van der Waals surface area contributed by atoms with Crippen molar-refractivity contribution in [3.63, 3.8) is 0 Å². The van der Waals surface area contributed by atoms with Crippen LogP contribution in [0.15, 0.2) is 77.2 Å². The molecule has 0 aliphatic heterocycles. The van der Waals surface area contributed by atoms with Crippen molar-refractivity contribution in [1.82, 2.24) is 5.32 Å². The number of benzene rings is 3. The van der Waals surface area contributed by atoms with E-state index in [0.29, 0.717) is 35.8 Å². The van der Waals surface area contributed by atoms with Gasteiger partial charge in [-0.25, -0.2) is 0 Å². The third-order valence-electron chi connectivity index (χ3n) is 4.85. The molecule has 30 heavy (non-hydrogen) atoms. The van der Waals surface area contributed by atoms with E-state index in [-0.39, 0.29) is 5.91 Å². The van der Waals surface area contributed by atoms with Gasteiger partial charge >= 0.3 is 0 Å². The van der Waals surface area contributed by atoms with E-state index in [1.807, 2.05) is 79.7 Å². The van der Waals surface area contributed by atoms with Gasteiger partial charge < -0.3 is 19.2 Å². The normalized spacial score (nSPS) is 10.7. The Bertz CT molecular complexity index is 1150. The molecule has 4 rings (SSSR count). The molecular formula is C25H23NO4. The van der Waals surface area contributed by atoms with Crippen LogP contribution in [-0.2, 0) is 6.54 Å². The first-order valence-corrected chi connectivity index (χ1v) is 9.85. The SMILES string of the molecule is CCOc1ccc2oc(-c3ccc(OC)cc3)c(C(=O)NCc3ccccc3)c2c1. The number of amides is 1. The molecule has 1 N–H and O–H groups in total. The zero-order valence-electron chi connectivity index (χ0n) is 17.0. The molecule has 0 fully saturated rings. The summed E-state index contributed by atoms with van der Waals surface area (Å²) in [4.78, 5) is 13.2. The summed E-state index contributed by atoms with van der Waals surface area (Å²) in [6, 6.07) is 22.8. The fraction of sp³-hybridized carbons (Fsp3) is 0.160. The summed E-state index contributed by atoms with van der Waals surface area (Å²) in [5.74, 6) is 1.76. The van der Waals surface area contributed by atoms with Crippen molar-refractivity contribution in [3.05, 3.63) is 83.9 Å². The van der Waals surface area contributed by atoms with E-state index in [0.717, 1.165) is 22.3 Å². The molecule has 0 saturated carbocycles. The van der Waals surface area contributed by atoms with Gasteiger partial charge in [-0.1, -0.05) is 30.3 Å². The Balaban J connectivity index is 1.76. The molecule has 0 aliphatic carbocycles. The van der Waals surface area contributed by atoms with Crippen molar-refractivity contribution in [1.29, 1.82) is 0 Å². The molecule has 0 unspecified atom stereocenters. The number of carbonyl (C=O) groups excluding carboxylic acids is 1. The van der Waals surface area contributed by atoms with Gasteiger partial charge in [0, 0.05) is 17.5 Å². The lowest BCUT2D eigenvalue weighted by molar-refractivity contribution is 0.0952. The van der Waals surface area contributed by atoms with Crippen molar-refractivity contribution in [2.45, 2.75) is 13.5 Å². The molecule has 0 spiro atoms. The summed E-state index contributed by atoms with van der Waals surface area (Å²) >= 11 is 0. The minimum Gasteiger partial charge on any atom is -0.497 e. The number of ether oxygens (including phenoxy) is 2. The van der Waals surface area contributed by atoms with Crippen LogP contribution in [0, 0.1) is 0 Å². The number of hydrogen-bond donors (Lipinski definition) is 1. The topological polar surface area (TPSA) is 60.7 Å². The van der Waals surface area contributed by atoms with Crippen molar-refractivity contribution >= 4 is 16.9 Å². The second-order valence-electron chi connectivity index (χ2n) is 6.79. The molecule has 0 saturated heterocycles. The second kappa shape index (κ2) is 8.74. The first-order chi connectivity index (χ1) is 14.7. The number of nitrogens with one attached hydrogen (secondary N) is 1. The molecule has 1 heterocycles. The number of fused-ring (bicyclic) bond motifs is 1. The highest BCUT2D eigenvalue weighted by Crippen LogP contribution is 2.36. The molecule has 4 aromatic rings. The molecule has 152 valence electrons. The van der Waals surface area contributed by atoms with Crippen LogP contribution < -0.4 is 14.8 Å². The number of hydrogen-bond acceptors (Lipinski definition) is 4. The average Bonchev–Trinajstić information content (AvgIpc) is 3.17. The van der Waals surface area contributed by atoms with Crippen LogP contribution >= 0.6 is 0 Å². The molecule has 1 aromatic heterocycles. The summed E-state index contributed by atoms with van der Waals surface area (Å²) in [6.45, 7) is 2.90. The van der Waals surface area contributed by atoms with Gasteiger partial charge in [-0.05, 0) is 55.0 Å². The maximum Gasteiger partial charge on any atom is 0.256 e. The maximum absolute atomic E-state index is 13.2. The molecule has 1 amide bonds. The van der Waals surface area contributed by atoms with E-state index in [4.69, 9.17) is 13.9 Å². The monoisotopic (exact) mass is 401 g/mol. The van der Waals surface area contributed by atoms with Crippen LogP contribution in [0.2, 0.25) is 0 Å². The van der Waals surface area contributed by atoms with Gasteiger partial charge in [0.1, 0.15) is 22.8 Å². The van der Waals surface area contributed by atoms with Crippen molar-refractivity contribution in [2.24, 2.45) is 0 Å². The lowest BCUT2D eigenvalue weighted by Crippen LogP contribution is -2.23. The molecule has 0 atom stereocenters. The predicted molar refractivity (Wildman–Crippen MR) is 117 cm³/mol. The summed E-state index contributed by atoms with van der Waals surface area (Å²) < 4.78 is 17.0. The van der Waals surface area contributed by atoms with Gasteiger partial charge in [-0.3, -0.25) is 4.79 Å². The highest BCUT2D eigenvalue weighted by Gasteiger charge is 2.22. The lowest BCUT2D eigenvalue weighted by atomic mass is 10.0. The number of furan rings is 1. The first kappa shape index (κ1) is 19.6. The Morgan fingerprint density at radius 2 is 1.70 bits per heavy atom. The average molecular weight is 401 g/mol. The van der Waals surface area contributed by atoms with Crippen LogP contribution in [0.3, 0.4) is 0 Å². The number of rotatable bonds is 7. The Kier molecular flexibility index (Phi) is 5.70. The van der Waals surface area contributed by atoms with Crippen molar-refractivity contribution in [3.8, 4) is 22.8 Å². The Morgan fingerprint density at radius 3 is 2.40 bits per heavy atom. The second-order valence-corrected chi connectivity index (χ2v) is 6.79. The van der Waals surface area contributed by atoms with E-state index in [9.17, 15) is 4.79 Å². The molecule has 5 heteroatoms. The Labute approximate surface area is 175 Å². The quantitative estimate of drug-likeness (QED) is 0.448. The van der Waals surface area contributed by atoms with E-state index in [1.54, 1.807) is 7.11 Å². The zero-order valence-corrected chi connectivity index (χ0v) is 17.0.